The molecule has 0 bridgehead atoms. The van der Waals surface area contributed by atoms with Crippen LogP contribution in [0.15, 0.2) is 0 Å². The average Bonchev–Trinajstić information content (AvgIpc) is 2.52. The van der Waals surface area contributed by atoms with Gasteiger partial charge in [0.2, 0.25) is 0 Å². The molecule has 2 aliphatic rings. The fraction of sp³-hybridized carbons (Fsp3) is 1.00. The summed E-state index contributed by atoms with van der Waals surface area (Å²) in [5.41, 5.74) is 0.318. The minimum atomic E-state index is 0.318. The summed E-state index contributed by atoms with van der Waals surface area (Å²) in [6.45, 7) is 3.05. The van der Waals surface area contributed by atoms with E-state index >= 15 is 0 Å². The predicted molar refractivity (Wildman–Crippen MR) is 30.8 cm³/mol. The van der Waals surface area contributed by atoms with Crippen LogP contribution in [0.2, 0.25) is 0 Å². The summed E-state index contributed by atoms with van der Waals surface area (Å²) < 4.78 is 5.51. The lowest BCUT2D eigenvalue weighted by atomic mass is 10.3. The van der Waals surface area contributed by atoms with E-state index in [9.17, 15) is 0 Å². The number of hydrogen-bond donors (Lipinski definition) is 1. The van der Waals surface area contributed by atoms with Gasteiger partial charge < -0.3 is 10.1 Å². The summed E-state index contributed by atoms with van der Waals surface area (Å²) in [6, 6.07) is 0. The quantitative estimate of drug-likeness (QED) is 0.482. The molecule has 46 valence electrons. The van der Waals surface area contributed by atoms with Crippen molar-refractivity contribution >= 4 is 0 Å². The van der Waals surface area contributed by atoms with E-state index in [0.29, 0.717) is 5.60 Å². The molecule has 2 nitrogen and oxygen atoms in total. The zero-order chi connectivity index (χ0) is 5.45. The lowest BCUT2D eigenvalue weighted by Crippen LogP contribution is -2.39. The Labute approximate surface area is 49.2 Å². The van der Waals surface area contributed by atoms with Gasteiger partial charge in [0, 0.05) is 13.1 Å². The topological polar surface area (TPSA) is 21.3 Å². The smallest absolute Gasteiger partial charge is 0.0809 e. The Morgan fingerprint density at radius 1 is 1.38 bits per heavy atom. The number of nitrogens with one attached hydrogen (secondary N) is 1. The molecule has 2 rings (SSSR count). The van der Waals surface area contributed by atoms with Gasteiger partial charge >= 0.3 is 0 Å². The molecule has 1 heterocycles. The van der Waals surface area contributed by atoms with E-state index in [1.54, 1.807) is 0 Å². The summed E-state index contributed by atoms with van der Waals surface area (Å²) in [7, 11) is 0. The number of rotatable bonds is 0. The van der Waals surface area contributed by atoms with Crippen molar-refractivity contribution in [1.82, 2.24) is 5.32 Å². The molecule has 0 aromatic rings. The molecule has 0 aromatic carbocycles. The highest BCUT2D eigenvalue weighted by Gasteiger charge is 2.44. The number of morpholine rings is 1. The van der Waals surface area contributed by atoms with Crippen molar-refractivity contribution in [3.8, 4) is 0 Å². The molecular weight excluding hydrogens is 102 g/mol. The summed E-state index contributed by atoms with van der Waals surface area (Å²) in [6.07, 6.45) is 2.56. The minimum absolute atomic E-state index is 0.318. The van der Waals surface area contributed by atoms with E-state index in [1.807, 2.05) is 0 Å². The Morgan fingerprint density at radius 2 is 2.25 bits per heavy atom. The second kappa shape index (κ2) is 1.45. The van der Waals surface area contributed by atoms with Crippen molar-refractivity contribution in [3.63, 3.8) is 0 Å². The van der Waals surface area contributed by atoms with Crippen LogP contribution in [-0.2, 0) is 4.74 Å². The standard InChI is InChI=1S/C6H11NO/c1-2-6(1)5-7-3-4-8-6/h7H,1-5H2. The lowest BCUT2D eigenvalue weighted by molar-refractivity contribution is 0.00884. The zero-order valence-electron chi connectivity index (χ0n) is 4.94. The Bertz CT molecular complexity index is 90.7. The summed E-state index contributed by atoms with van der Waals surface area (Å²) in [4.78, 5) is 0. The third-order valence-electron chi connectivity index (χ3n) is 1.94. The van der Waals surface area contributed by atoms with Crippen LogP contribution in [0.25, 0.3) is 0 Å². The van der Waals surface area contributed by atoms with Crippen molar-refractivity contribution < 1.29 is 4.74 Å². The first-order valence-corrected chi connectivity index (χ1v) is 3.26. The Balaban J connectivity index is 1.95. The Hall–Kier alpha value is -0.0800. The largest absolute Gasteiger partial charge is 0.372 e. The van der Waals surface area contributed by atoms with Crippen LogP contribution in [-0.4, -0.2) is 25.3 Å². The van der Waals surface area contributed by atoms with Crippen molar-refractivity contribution in [3.05, 3.63) is 0 Å². The van der Waals surface area contributed by atoms with Crippen LogP contribution < -0.4 is 5.32 Å². The van der Waals surface area contributed by atoms with E-state index in [-0.39, 0.29) is 0 Å². The van der Waals surface area contributed by atoms with Gasteiger partial charge in [-0.15, -0.1) is 0 Å². The summed E-state index contributed by atoms with van der Waals surface area (Å²) in [5, 5.41) is 3.31. The molecule has 1 aliphatic heterocycles. The van der Waals surface area contributed by atoms with Crippen LogP contribution in [0, 0.1) is 0 Å². The van der Waals surface area contributed by atoms with Crippen LogP contribution >= 0.6 is 0 Å². The number of ether oxygens (including phenoxy) is 1. The first kappa shape index (κ1) is 4.77. The molecule has 1 saturated carbocycles. The molecule has 2 fully saturated rings. The lowest BCUT2D eigenvalue weighted by Gasteiger charge is -2.22. The third-order valence-corrected chi connectivity index (χ3v) is 1.94. The molecule has 0 atom stereocenters. The van der Waals surface area contributed by atoms with Crippen molar-refractivity contribution in [2.24, 2.45) is 0 Å². The predicted octanol–water partition coefficient (Wildman–Crippen LogP) is 0.139. The van der Waals surface area contributed by atoms with Crippen molar-refractivity contribution in [1.29, 1.82) is 0 Å². The zero-order valence-corrected chi connectivity index (χ0v) is 4.94. The highest BCUT2D eigenvalue weighted by Crippen LogP contribution is 2.39. The first-order valence-electron chi connectivity index (χ1n) is 3.26. The molecule has 2 heteroatoms. The Morgan fingerprint density at radius 3 is 2.62 bits per heavy atom. The summed E-state index contributed by atoms with van der Waals surface area (Å²) in [5.74, 6) is 0. The van der Waals surface area contributed by atoms with Gasteiger partial charge in [0.1, 0.15) is 0 Å². The van der Waals surface area contributed by atoms with E-state index < -0.39 is 0 Å². The molecule has 0 unspecified atom stereocenters. The second-order valence-electron chi connectivity index (χ2n) is 2.71. The van der Waals surface area contributed by atoms with E-state index in [4.69, 9.17) is 4.74 Å². The Kier molecular flexibility index (Phi) is 0.866. The average molecular weight is 113 g/mol. The van der Waals surface area contributed by atoms with Gasteiger partial charge in [0.25, 0.3) is 0 Å². The van der Waals surface area contributed by atoms with Gasteiger partial charge in [-0.2, -0.15) is 0 Å². The molecule has 1 N–H and O–H groups in total. The fourth-order valence-corrected chi connectivity index (χ4v) is 1.17. The van der Waals surface area contributed by atoms with Crippen LogP contribution in [0.3, 0.4) is 0 Å². The maximum absolute atomic E-state index is 5.51. The summed E-state index contributed by atoms with van der Waals surface area (Å²) >= 11 is 0. The van der Waals surface area contributed by atoms with Crippen molar-refractivity contribution in [2.75, 3.05) is 19.7 Å². The van der Waals surface area contributed by atoms with Gasteiger partial charge in [-0.3, -0.25) is 0 Å². The molecule has 1 aliphatic carbocycles. The van der Waals surface area contributed by atoms with Crippen LogP contribution in [0.1, 0.15) is 12.8 Å². The molecule has 0 amide bonds. The van der Waals surface area contributed by atoms with Gasteiger partial charge in [-0.05, 0) is 12.8 Å². The molecule has 1 saturated heterocycles. The molecule has 0 radical (unpaired) electrons. The van der Waals surface area contributed by atoms with Gasteiger partial charge in [-0.25, -0.2) is 0 Å². The third kappa shape index (κ3) is 0.644. The molecule has 1 spiro atoms. The van der Waals surface area contributed by atoms with Crippen LogP contribution in [0.5, 0.6) is 0 Å². The van der Waals surface area contributed by atoms with E-state index in [0.717, 1.165) is 19.7 Å². The van der Waals surface area contributed by atoms with E-state index in [2.05, 4.69) is 5.32 Å². The molecular formula is C6H11NO. The SMILES string of the molecule is C1COC2(CC2)CN1. The van der Waals surface area contributed by atoms with Crippen molar-refractivity contribution in [2.45, 2.75) is 18.4 Å². The highest BCUT2D eigenvalue weighted by molar-refractivity contribution is 4.99. The maximum Gasteiger partial charge on any atom is 0.0809 e. The highest BCUT2D eigenvalue weighted by atomic mass is 16.5. The molecule has 0 aromatic heterocycles. The molecule has 8 heavy (non-hydrogen) atoms. The van der Waals surface area contributed by atoms with Gasteiger partial charge in [0.15, 0.2) is 0 Å². The minimum Gasteiger partial charge on any atom is -0.372 e. The van der Waals surface area contributed by atoms with Gasteiger partial charge in [0.05, 0.1) is 12.2 Å². The first-order chi connectivity index (χ1) is 3.91. The second-order valence-corrected chi connectivity index (χ2v) is 2.71. The van der Waals surface area contributed by atoms with Crippen LogP contribution in [0.4, 0.5) is 0 Å². The number of hydrogen-bond acceptors (Lipinski definition) is 2. The van der Waals surface area contributed by atoms with E-state index in [1.165, 1.54) is 12.8 Å². The van der Waals surface area contributed by atoms with Gasteiger partial charge in [-0.1, -0.05) is 0 Å². The monoisotopic (exact) mass is 113 g/mol. The fourth-order valence-electron chi connectivity index (χ4n) is 1.17. The maximum atomic E-state index is 5.51. The normalized spacial score (nSPS) is 33.0.